The Balaban J connectivity index is 1.56. The van der Waals surface area contributed by atoms with Crippen LogP contribution in [-0.2, 0) is 6.61 Å². The molecule has 0 saturated heterocycles. The minimum Gasteiger partial charge on any atom is -0.486 e. The first kappa shape index (κ1) is 16.4. The van der Waals surface area contributed by atoms with Crippen LogP contribution in [0.2, 0.25) is 0 Å². The summed E-state index contributed by atoms with van der Waals surface area (Å²) in [4.78, 5) is 4.56. The van der Waals surface area contributed by atoms with Crippen molar-refractivity contribution in [1.82, 2.24) is 10.3 Å². The van der Waals surface area contributed by atoms with Gasteiger partial charge in [-0.3, -0.25) is 0 Å². The lowest BCUT2D eigenvalue weighted by atomic mass is 10.3. The van der Waals surface area contributed by atoms with Gasteiger partial charge in [-0.25, -0.2) is 4.98 Å². The first-order chi connectivity index (χ1) is 11.7. The van der Waals surface area contributed by atoms with Crippen molar-refractivity contribution in [3.63, 3.8) is 0 Å². The summed E-state index contributed by atoms with van der Waals surface area (Å²) in [5.74, 6) is 0.796. The minimum atomic E-state index is 0.464. The number of hydrogen-bond acceptors (Lipinski definition) is 4. The summed E-state index contributed by atoms with van der Waals surface area (Å²) in [5, 5.41) is 7.65. The molecule has 0 bridgehead atoms. The van der Waals surface area contributed by atoms with Crippen LogP contribution in [0.1, 0.15) is 5.01 Å². The van der Waals surface area contributed by atoms with Gasteiger partial charge in [-0.2, -0.15) is 0 Å². The van der Waals surface area contributed by atoms with Gasteiger partial charge in [0.2, 0.25) is 0 Å². The quantitative estimate of drug-likeness (QED) is 0.508. The smallest absolute Gasteiger partial charge is 0.171 e. The van der Waals surface area contributed by atoms with Crippen molar-refractivity contribution >= 4 is 44.6 Å². The number of aromatic nitrogens is 1. The summed E-state index contributed by atoms with van der Waals surface area (Å²) in [6, 6.07) is 15.8. The van der Waals surface area contributed by atoms with Gasteiger partial charge in [-0.15, -0.1) is 17.9 Å². The number of thiocarbonyl (C=S) groups is 1. The summed E-state index contributed by atoms with van der Waals surface area (Å²) < 4.78 is 6.98. The topological polar surface area (TPSA) is 46.2 Å². The number of fused-ring (bicyclic) bond motifs is 1. The van der Waals surface area contributed by atoms with E-state index in [2.05, 4.69) is 28.3 Å². The van der Waals surface area contributed by atoms with Crippen LogP contribution in [-0.4, -0.2) is 16.6 Å². The summed E-state index contributed by atoms with van der Waals surface area (Å²) in [5.41, 5.74) is 1.92. The third-order valence-electron chi connectivity index (χ3n) is 3.22. The van der Waals surface area contributed by atoms with E-state index >= 15 is 0 Å². The zero-order valence-corrected chi connectivity index (χ0v) is 14.6. The Morgan fingerprint density at radius 3 is 2.75 bits per heavy atom. The van der Waals surface area contributed by atoms with E-state index < -0.39 is 0 Å². The molecule has 0 radical (unpaired) electrons. The van der Waals surface area contributed by atoms with Crippen LogP contribution in [0.25, 0.3) is 10.2 Å². The maximum absolute atomic E-state index is 5.80. The molecule has 1 aromatic heterocycles. The second-order valence-corrected chi connectivity index (χ2v) is 6.54. The molecule has 0 spiro atoms. The van der Waals surface area contributed by atoms with Crippen LogP contribution < -0.4 is 15.4 Å². The number of nitrogens with zero attached hydrogens (tertiary/aromatic N) is 1. The van der Waals surface area contributed by atoms with Gasteiger partial charge in [-0.1, -0.05) is 18.2 Å². The predicted molar refractivity (Wildman–Crippen MR) is 105 cm³/mol. The number of para-hydroxylation sites is 1. The Morgan fingerprint density at radius 1 is 1.21 bits per heavy atom. The Hall–Kier alpha value is -2.44. The van der Waals surface area contributed by atoms with Crippen LogP contribution in [0.5, 0.6) is 5.75 Å². The highest BCUT2D eigenvalue weighted by Gasteiger charge is 2.04. The van der Waals surface area contributed by atoms with Crippen molar-refractivity contribution in [2.24, 2.45) is 0 Å². The number of benzene rings is 2. The number of ether oxygens (including phenoxy) is 1. The van der Waals surface area contributed by atoms with Crippen LogP contribution in [0, 0.1) is 0 Å². The maximum Gasteiger partial charge on any atom is 0.171 e. The molecule has 2 aromatic carbocycles. The minimum absolute atomic E-state index is 0.464. The van der Waals surface area contributed by atoms with Gasteiger partial charge in [-0.05, 0) is 48.6 Å². The van der Waals surface area contributed by atoms with Crippen molar-refractivity contribution in [2.45, 2.75) is 6.61 Å². The molecule has 24 heavy (non-hydrogen) atoms. The first-order valence-electron chi connectivity index (χ1n) is 7.47. The van der Waals surface area contributed by atoms with E-state index in [1.165, 1.54) is 4.70 Å². The fourth-order valence-electron chi connectivity index (χ4n) is 2.10. The largest absolute Gasteiger partial charge is 0.486 e. The highest BCUT2D eigenvalue weighted by atomic mass is 32.1. The standard InChI is InChI=1S/C18H17N3OS2/c1-2-11-19-18(23)20-13-7-9-14(10-8-13)22-12-17-21-15-5-3-4-6-16(15)24-17/h2-10H,1,11-12H2,(H2,19,20,23). The molecular weight excluding hydrogens is 338 g/mol. The molecule has 0 unspecified atom stereocenters. The number of anilines is 1. The second-order valence-electron chi connectivity index (χ2n) is 5.01. The Labute approximate surface area is 150 Å². The molecule has 0 fully saturated rings. The van der Waals surface area contributed by atoms with Gasteiger partial charge in [0.25, 0.3) is 0 Å². The zero-order valence-electron chi connectivity index (χ0n) is 13.0. The van der Waals surface area contributed by atoms with E-state index in [0.29, 0.717) is 18.3 Å². The van der Waals surface area contributed by atoms with Crippen molar-refractivity contribution in [1.29, 1.82) is 0 Å². The lowest BCUT2D eigenvalue weighted by Crippen LogP contribution is -2.28. The van der Waals surface area contributed by atoms with Crippen LogP contribution >= 0.6 is 23.6 Å². The van der Waals surface area contributed by atoms with E-state index in [1.807, 2.05) is 42.5 Å². The highest BCUT2D eigenvalue weighted by molar-refractivity contribution is 7.80. The number of rotatable bonds is 6. The lowest BCUT2D eigenvalue weighted by molar-refractivity contribution is 0.306. The molecule has 122 valence electrons. The number of thiazole rings is 1. The van der Waals surface area contributed by atoms with Crippen molar-refractivity contribution in [3.05, 3.63) is 66.2 Å². The average molecular weight is 355 g/mol. The fourth-order valence-corrected chi connectivity index (χ4v) is 3.18. The highest BCUT2D eigenvalue weighted by Crippen LogP contribution is 2.23. The van der Waals surface area contributed by atoms with Gasteiger partial charge in [0, 0.05) is 12.2 Å². The second kappa shape index (κ2) is 7.90. The van der Waals surface area contributed by atoms with Crippen LogP contribution in [0.3, 0.4) is 0 Å². The van der Waals surface area contributed by atoms with Gasteiger partial charge >= 0.3 is 0 Å². The Morgan fingerprint density at radius 2 is 2.00 bits per heavy atom. The normalized spacial score (nSPS) is 10.3. The molecule has 0 amide bonds. The van der Waals surface area contributed by atoms with Crippen molar-refractivity contribution < 1.29 is 4.74 Å². The number of hydrogen-bond donors (Lipinski definition) is 2. The molecule has 2 N–H and O–H groups in total. The zero-order chi connectivity index (χ0) is 16.8. The van der Waals surface area contributed by atoms with E-state index in [-0.39, 0.29) is 0 Å². The molecule has 6 heteroatoms. The fraction of sp³-hybridized carbons (Fsp3) is 0.111. The molecule has 0 aliphatic carbocycles. The monoisotopic (exact) mass is 355 g/mol. The average Bonchev–Trinajstić information content (AvgIpc) is 3.02. The van der Waals surface area contributed by atoms with Crippen LogP contribution in [0.15, 0.2) is 61.2 Å². The first-order valence-corrected chi connectivity index (χ1v) is 8.70. The van der Waals surface area contributed by atoms with Gasteiger partial charge < -0.3 is 15.4 Å². The molecule has 0 aliphatic heterocycles. The third kappa shape index (κ3) is 4.31. The lowest BCUT2D eigenvalue weighted by Gasteiger charge is -2.10. The van der Waals surface area contributed by atoms with E-state index in [9.17, 15) is 0 Å². The number of nitrogens with one attached hydrogen (secondary N) is 2. The van der Waals surface area contributed by atoms with Gasteiger partial charge in [0.05, 0.1) is 10.2 Å². The molecule has 1 heterocycles. The molecule has 0 saturated carbocycles. The van der Waals surface area contributed by atoms with Crippen LogP contribution in [0.4, 0.5) is 5.69 Å². The van der Waals surface area contributed by atoms with Crippen molar-refractivity contribution in [2.75, 3.05) is 11.9 Å². The molecule has 0 atom stereocenters. The van der Waals surface area contributed by atoms with Gasteiger partial charge in [0.1, 0.15) is 17.4 Å². The Bertz CT molecular complexity index is 810. The molecule has 4 nitrogen and oxygen atoms in total. The summed E-state index contributed by atoms with van der Waals surface area (Å²) in [6.45, 7) is 4.74. The summed E-state index contributed by atoms with van der Waals surface area (Å²) in [7, 11) is 0. The third-order valence-corrected chi connectivity index (χ3v) is 4.48. The molecule has 3 aromatic rings. The van der Waals surface area contributed by atoms with E-state index in [0.717, 1.165) is 22.0 Å². The van der Waals surface area contributed by atoms with Crippen molar-refractivity contribution in [3.8, 4) is 5.75 Å². The summed E-state index contributed by atoms with van der Waals surface area (Å²) in [6.07, 6.45) is 1.76. The van der Waals surface area contributed by atoms with Gasteiger partial charge in [0.15, 0.2) is 5.11 Å². The molecule has 0 aliphatic rings. The summed E-state index contributed by atoms with van der Waals surface area (Å²) >= 11 is 6.83. The molecular formula is C18H17N3OS2. The maximum atomic E-state index is 5.80. The van der Waals surface area contributed by atoms with E-state index in [1.54, 1.807) is 17.4 Å². The molecule has 3 rings (SSSR count). The SMILES string of the molecule is C=CCNC(=S)Nc1ccc(OCc2nc3ccccc3s2)cc1. The predicted octanol–water partition coefficient (Wildman–Crippen LogP) is 4.35. The van der Waals surface area contributed by atoms with E-state index in [4.69, 9.17) is 17.0 Å². The Kier molecular flexibility index (Phi) is 5.40.